The van der Waals surface area contributed by atoms with Crippen LogP contribution >= 0.6 is 0 Å². The highest BCUT2D eigenvalue weighted by Gasteiger charge is 1.92. The van der Waals surface area contributed by atoms with Gasteiger partial charge in [-0.25, -0.2) is 0 Å². The van der Waals surface area contributed by atoms with Gasteiger partial charge in [-0.2, -0.15) is 0 Å². The minimum Gasteiger partial charge on any atom is -0.494 e. The van der Waals surface area contributed by atoms with Crippen LogP contribution in [0.15, 0.2) is 48.8 Å². The number of pyridine rings is 1. The van der Waals surface area contributed by atoms with Crippen molar-refractivity contribution >= 4 is 12.6 Å². The van der Waals surface area contributed by atoms with Gasteiger partial charge in [0.15, 0.2) is 0 Å². The number of aldehydes is 2. The maximum absolute atomic E-state index is 10.3. The fourth-order valence-electron chi connectivity index (χ4n) is 1.30. The molecule has 0 aliphatic carbocycles. The highest BCUT2D eigenvalue weighted by molar-refractivity contribution is 5.74. The molecule has 0 amide bonds. The number of ether oxygens (including phenoxy) is 1. The number of benzene rings is 1. The highest BCUT2D eigenvalue weighted by atomic mass is 16.5. The molecule has 104 valence electrons. The number of carbonyl (C=O) groups excluding carboxylic acids is 2. The summed E-state index contributed by atoms with van der Waals surface area (Å²) in [5.41, 5.74) is 1.35. The molecule has 0 fully saturated rings. The number of rotatable bonds is 5. The first-order chi connectivity index (χ1) is 9.80. The molecule has 0 saturated carbocycles. The normalized spacial score (nSPS) is 9.05. The predicted molar refractivity (Wildman–Crippen MR) is 77.2 cm³/mol. The van der Waals surface area contributed by atoms with Crippen LogP contribution in [0.5, 0.6) is 5.75 Å². The lowest BCUT2D eigenvalue weighted by Crippen LogP contribution is -1.94. The summed E-state index contributed by atoms with van der Waals surface area (Å²) >= 11 is 0. The summed E-state index contributed by atoms with van der Waals surface area (Å²) in [6, 6.07) is 10.4. The third kappa shape index (κ3) is 5.91. The minimum absolute atomic E-state index is 0.667. The Balaban J connectivity index is 0.000000217. The molecule has 0 spiro atoms. The summed E-state index contributed by atoms with van der Waals surface area (Å²) in [5.74, 6) is 0.822. The lowest BCUT2D eigenvalue weighted by Gasteiger charge is -2.02. The molecule has 1 aromatic heterocycles. The quantitative estimate of drug-likeness (QED) is 0.784. The Morgan fingerprint density at radius 2 is 1.50 bits per heavy atom. The third-order valence-corrected chi connectivity index (χ3v) is 2.33. The Kier molecular flexibility index (Phi) is 7.35. The standard InChI is InChI=1S/C10H12O2.C6H5NO/c1-2-7-12-10-5-3-9(8-11)4-6-10;8-5-6-1-3-7-4-2-6/h3-6,8H,2,7H2,1H3;1-5H. The van der Waals surface area contributed by atoms with Crippen molar-refractivity contribution in [2.24, 2.45) is 0 Å². The van der Waals surface area contributed by atoms with Gasteiger partial charge in [-0.1, -0.05) is 6.92 Å². The zero-order valence-corrected chi connectivity index (χ0v) is 11.4. The maximum atomic E-state index is 10.3. The highest BCUT2D eigenvalue weighted by Crippen LogP contribution is 2.10. The average molecular weight is 271 g/mol. The molecule has 20 heavy (non-hydrogen) atoms. The predicted octanol–water partition coefficient (Wildman–Crippen LogP) is 3.18. The molecule has 0 saturated heterocycles. The van der Waals surface area contributed by atoms with E-state index in [2.05, 4.69) is 11.9 Å². The van der Waals surface area contributed by atoms with Gasteiger partial charge in [0.25, 0.3) is 0 Å². The van der Waals surface area contributed by atoms with Crippen LogP contribution in [0, 0.1) is 0 Å². The van der Waals surface area contributed by atoms with E-state index in [1.807, 2.05) is 0 Å². The van der Waals surface area contributed by atoms with Crippen LogP contribution in [0.25, 0.3) is 0 Å². The van der Waals surface area contributed by atoms with Crippen molar-refractivity contribution < 1.29 is 14.3 Å². The van der Waals surface area contributed by atoms with E-state index < -0.39 is 0 Å². The Morgan fingerprint density at radius 1 is 0.950 bits per heavy atom. The summed E-state index contributed by atoms with van der Waals surface area (Å²) in [6.45, 7) is 2.78. The smallest absolute Gasteiger partial charge is 0.150 e. The van der Waals surface area contributed by atoms with Gasteiger partial charge in [-0.15, -0.1) is 0 Å². The molecule has 0 bridgehead atoms. The van der Waals surface area contributed by atoms with Gasteiger partial charge in [-0.05, 0) is 42.8 Å². The lowest BCUT2D eigenvalue weighted by atomic mass is 10.2. The van der Waals surface area contributed by atoms with E-state index in [1.165, 1.54) is 0 Å². The van der Waals surface area contributed by atoms with Crippen LogP contribution in [0.2, 0.25) is 0 Å². The first-order valence-corrected chi connectivity index (χ1v) is 6.33. The molecule has 4 heteroatoms. The van der Waals surface area contributed by atoms with E-state index in [0.29, 0.717) is 11.1 Å². The maximum Gasteiger partial charge on any atom is 0.150 e. The largest absolute Gasteiger partial charge is 0.494 e. The van der Waals surface area contributed by atoms with E-state index in [1.54, 1.807) is 48.8 Å². The Bertz CT molecular complexity index is 509. The summed E-state index contributed by atoms with van der Waals surface area (Å²) in [6.07, 6.45) is 5.79. The third-order valence-electron chi connectivity index (χ3n) is 2.33. The van der Waals surface area contributed by atoms with Gasteiger partial charge in [0, 0.05) is 23.5 Å². The number of hydrogen-bond donors (Lipinski definition) is 0. The second-order valence-corrected chi connectivity index (χ2v) is 3.93. The summed E-state index contributed by atoms with van der Waals surface area (Å²) in [7, 11) is 0. The topological polar surface area (TPSA) is 56.3 Å². The summed E-state index contributed by atoms with van der Waals surface area (Å²) in [4.78, 5) is 24.0. The number of carbonyl (C=O) groups is 2. The number of hydrogen-bond acceptors (Lipinski definition) is 4. The van der Waals surface area contributed by atoms with Crippen molar-refractivity contribution in [1.82, 2.24) is 4.98 Å². The van der Waals surface area contributed by atoms with Gasteiger partial charge in [0.1, 0.15) is 18.3 Å². The van der Waals surface area contributed by atoms with Crippen LogP contribution in [-0.2, 0) is 0 Å². The van der Waals surface area contributed by atoms with Gasteiger partial charge >= 0.3 is 0 Å². The van der Waals surface area contributed by atoms with Crippen molar-refractivity contribution in [1.29, 1.82) is 0 Å². The molecular weight excluding hydrogens is 254 g/mol. The van der Waals surface area contributed by atoms with Gasteiger partial charge in [0.05, 0.1) is 6.61 Å². The van der Waals surface area contributed by atoms with Crippen LogP contribution in [0.1, 0.15) is 34.1 Å². The van der Waals surface area contributed by atoms with E-state index in [-0.39, 0.29) is 0 Å². The molecule has 0 unspecified atom stereocenters. The van der Waals surface area contributed by atoms with E-state index in [9.17, 15) is 9.59 Å². The van der Waals surface area contributed by atoms with E-state index in [4.69, 9.17) is 4.74 Å². The molecule has 1 aromatic carbocycles. The molecule has 2 aromatic rings. The van der Waals surface area contributed by atoms with Gasteiger partial charge < -0.3 is 4.74 Å². The van der Waals surface area contributed by atoms with Crippen LogP contribution < -0.4 is 4.74 Å². The SMILES string of the molecule is CCCOc1ccc(C=O)cc1.O=Cc1ccncc1. The molecular formula is C16H17NO3. The summed E-state index contributed by atoms with van der Waals surface area (Å²) in [5, 5.41) is 0. The Morgan fingerprint density at radius 3 is 1.95 bits per heavy atom. The number of aromatic nitrogens is 1. The van der Waals surface area contributed by atoms with Gasteiger partial charge in [0.2, 0.25) is 0 Å². The zero-order valence-electron chi connectivity index (χ0n) is 11.4. The van der Waals surface area contributed by atoms with Crippen molar-refractivity contribution in [2.75, 3.05) is 6.61 Å². The van der Waals surface area contributed by atoms with Crippen molar-refractivity contribution in [3.05, 3.63) is 59.9 Å². The average Bonchev–Trinajstić information content (AvgIpc) is 2.54. The molecule has 1 heterocycles. The molecule has 4 nitrogen and oxygen atoms in total. The molecule has 0 N–H and O–H groups in total. The second kappa shape index (κ2) is 9.44. The fourth-order valence-corrected chi connectivity index (χ4v) is 1.30. The minimum atomic E-state index is 0.667. The first-order valence-electron chi connectivity index (χ1n) is 6.33. The Labute approximate surface area is 118 Å². The lowest BCUT2D eigenvalue weighted by molar-refractivity contribution is 0.111. The molecule has 0 radical (unpaired) electrons. The van der Waals surface area contributed by atoms with E-state index in [0.717, 1.165) is 31.3 Å². The molecule has 0 aliphatic heterocycles. The monoisotopic (exact) mass is 271 g/mol. The fraction of sp³-hybridized carbons (Fsp3) is 0.188. The van der Waals surface area contributed by atoms with E-state index >= 15 is 0 Å². The second-order valence-electron chi connectivity index (χ2n) is 3.93. The van der Waals surface area contributed by atoms with Crippen LogP contribution in [0.3, 0.4) is 0 Å². The van der Waals surface area contributed by atoms with Crippen LogP contribution in [-0.4, -0.2) is 24.2 Å². The number of nitrogens with zero attached hydrogens (tertiary/aromatic N) is 1. The Hall–Kier alpha value is -2.49. The molecule has 2 rings (SSSR count). The molecule has 0 atom stereocenters. The molecule has 0 aliphatic rings. The van der Waals surface area contributed by atoms with Crippen molar-refractivity contribution in [2.45, 2.75) is 13.3 Å². The van der Waals surface area contributed by atoms with Gasteiger partial charge in [-0.3, -0.25) is 14.6 Å². The first kappa shape index (κ1) is 15.6. The van der Waals surface area contributed by atoms with Crippen molar-refractivity contribution in [3.8, 4) is 5.75 Å². The summed E-state index contributed by atoms with van der Waals surface area (Å²) < 4.78 is 5.34. The van der Waals surface area contributed by atoms with Crippen molar-refractivity contribution in [3.63, 3.8) is 0 Å². The van der Waals surface area contributed by atoms with Crippen LogP contribution in [0.4, 0.5) is 0 Å². The zero-order chi connectivity index (χ0) is 14.6.